The van der Waals surface area contributed by atoms with E-state index in [-0.39, 0.29) is 35.4 Å². The van der Waals surface area contributed by atoms with E-state index in [1.807, 2.05) is 26.2 Å². The van der Waals surface area contributed by atoms with Crippen molar-refractivity contribution in [2.75, 3.05) is 26.2 Å². The number of nitrogens with zero attached hydrogens (tertiary/aromatic N) is 2. The highest BCUT2D eigenvalue weighted by Gasteiger charge is 2.47. The molecule has 7 heteroatoms. The van der Waals surface area contributed by atoms with Gasteiger partial charge in [-0.15, -0.1) is 0 Å². The summed E-state index contributed by atoms with van der Waals surface area (Å²) in [7, 11) is 0. The van der Waals surface area contributed by atoms with Crippen molar-refractivity contribution in [1.29, 1.82) is 0 Å². The van der Waals surface area contributed by atoms with Crippen LogP contribution in [0.3, 0.4) is 0 Å². The van der Waals surface area contributed by atoms with Crippen LogP contribution in [0.1, 0.15) is 45.1 Å². The van der Waals surface area contributed by atoms with E-state index in [2.05, 4.69) is 21.3 Å². The summed E-state index contributed by atoms with van der Waals surface area (Å²) < 4.78 is 6.17. The summed E-state index contributed by atoms with van der Waals surface area (Å²) in [6, 6.07) is 1.74. The number of morpholine rings is 1. The largest absolute Gasteiger partial charge is 0.374 e. The molecule has 1 aromatic heterocycles. The number of rotatable bonds is 5. The third-order valence-electron chi connectivity index (χ3n) is 6.61. The van der Waals surface area contributed by atoms with Gasteiger partial charge in [0.2, 0.25) is 11.8 Å². The Kier molecular flexibility index (Phi) is 5.47. The van der Waals surface area contributed by atoms with Crippen molar-refractivity contribution in [3.8, 4) is 0 Å². The number of carbonyl (C=O) groups excluding carboxylic acids is 2. The van der Waals surface area contributed by atoms with Crippen molar-refractivity contribution >= 4 is 11.8 Å². The van der Waals surface area contributed by atoms with Crippen molar-refractivity contribution in [1.82, 2.24) is 20.1 Å². The quantitative estimate of drug-likeness (QED) is 0.802. The molecule has 154 valence electrons. The molecule has 0 aromatic carbocycles. The molecule has 0 radical (unpaired) electrons. The van der Waals surface area contributed by atoms with E-state index in [9.17, 15) is 9.59 Å². The summed E-state index contributed by atoms with van der Waals surface area (Å²) in [6.45, 7) is 7.45. The molecule has 2 saturated heterocycles. The molecule has 3 aliphatic rings. The lowest BCUT2D eigenvalue weighted by Gasteiger charge is -2.54. The number of ether oxygens (including phenoxy) is 1. The lowest BCUT2D eigenvalue weighted by atomic mass is 9.74. The van der Waals surface area contributed by atoms with E-state index in [0.29, 0.717) is 26.1 Å². The van der Waals surface area contributed by atoms with Gasteiger partial charge in [0.25, 0.3) is 0 Å². The Hall–Kier alpha value is -1.86. The molecule has 2 aliphatic heterocycles. The van der Waals surface area contributed by atoms with E-state index < -0.39 is 0 Å². The molecule has 2 atom stereocenters. The highest BCUT2D eigenvalue weighted by molar-refractivity contribution is 5.89. The lowest BCUT2D eigenvalue weighted by Crippen LogP contribution is -2.63. The molecule has 0 bridgehead atoms. The van der Waals surface area contributed by atoms with Crippen LogP contribution >= 0.6 is 0 Å². The normalized spacial score (nSPS) is 27.7. The molecule has 3 heterocycles. The van der Waals surface area contributed by atoms with Gasteiger partial charge in [-0.25, -0.2) is 0 Å². The third-order valence-corrected chi connectivity index (χ3v) is 6.61. The Labute approximate surface area is 166 Å². The van der Waals surface area contributed by atoms with Gasteiger partial charge in [0, 0.05) is 44.1 Å². The van der Waals surface area contributed by atoms with Crippen molar-refractivity contribution in [3.05, 3.63) is 24.0 Å². The Bertz CT molecular complexity index is 699. The topological polar surface area (TPSA) is 77.7 Å². The van der Waals surface area contributed by atoms with Gasteiger partial charge in [-0.3, -0.25) is 14.5 Å². The molecule has 1 saturated carbocycles. The maximum atomic E-state index is 13.0. The molecule has 7 nitrogen and oxygen atoms in total. The summed E-state index contributed by atoms with van der Waals surface area (Å²) in [5, 5.41) is 2.88. The smallest absolute Gasteiger partial charge is 0.243 e. The third kappa shape index (κ3) is 3.70. The minimum Gasteiger partial charge on any atom is -0.374 e. The summed E-state index contributed by atoms with van der Waals surface area (Å²) >= 11 is 0. The van der Waals surface area contributed by atoms with Gasteiger partial charge in [0.15, 0.2) is 0 Å². The fraction of sp³-hybridized carbons (Fsp3) is 0.714. The fourth-order valence-corrected chi connectivity index (χ4v) is 4.87. The average Bonchev–Trinajstić information content (AvgIpc) is 3.13. The molecule has 1 aliphatic carbocycles. The molecule has 1 spiro atoms. The van der Waals surface area contributed by atoms with Gasteiger partial charge < -0.3 is 19.9 Å². The zero-order chi connectivity index (χ0) is 19.7. The zero-order valence-electron chi connectivity index (χ0n) is 16.9. The Morgan fingerprint density at radius 3 is 2.86 bits per heavy atom. The molecule has 1 aromatic rings. The van der Waals surface area contributed by atoms with Crippen LogP contribution in [0, 0.1) is 5.92 Å². The fourth-order valence-electron chi connectivity index (χ4n) is 4.87. The van der Waals surface area contributed by atoms with Gasteiger partial charge in [-0.1, -0.05) is 13.8 Å². The maximum Gasteiger partial charge on any atom is 0.243 e. The molecule has 4 rings (SSSR count). The van der Waals surface area contributed by atoms with Crippen LogP contribution in [0.25, 0.3) is 0 Å². The number of aromatic amines is 1. The summed E-state index contributed by atoms with van der Waals surface area (Å²) in [5.41, 5.74) is 1.41. The first-order chi connectivity index (χ1) is 13.5. The molecule has 2 amide bonds. The van der Waals surface area contributed by atoms with Gasteiger partial charge in [-0.05, 0) is 36.8 Å². The Morgan fingerprint density at radius 1 is 1.39 bits per heavy atom. The molecular formula is C21H32N4O3. The number of H-pyrrole nitrogens is 1. The summed E-state index contributed by atoms with van der Waals surface area (Å²) in [4.78, 5) is 32.7. The highest BCUT2D eigenvalue weighted by Crippen LogP contribution is 2.42. The number of aromatic nitrogens is 1. The Morgan fingerprint density at radius 2 is 2.21 bits per heavy atom. The maximum absolute atomic E-state index is 13.0. The van der Waals surface area contributed by atoms with Crippen LogP contribution in [0.15, 0.2) is 18.5 Å². The SMILES string of the molecule is CC(C)C1C(=O)NCCN1C(=O)CC1CN(Cc2cc[nH]c2)C2(CCC2)CO1. The van der Waals surface area contributed by atoms with E-state index in [0.717, 1.165) is 13.1 Å². The first-order valence-electron chi connectivity index (χ1n) is 10.5. The number of hydrogen-bond acceptors (Lipinski definition) is 4. The van der Waals surface area contributed by atoms with Crippen molar-refractivity contribution in [2.24, 2.45) is 5.92 Å². The molecule has 28 heavy (non-hydrogen) atoms. The van der Waals surface area contributed by atoms with E-state index in [1.54, 1.807) is 4.90 Å². The summed E-state index contributed by atoms with van der Waals surface area (Å²) in [6.07, 6.45) is 7.81. The lowest BCUT2D eigenvalue weighted by molar-refractivity contribution is -0.162. The highest BCUT2D eigenvalue weighted by atomic mass is 16.5. The monoisotopic (exact) mass is 388 g/mol. The van der Waals surface area contributed by atoms with Gasteiger partial charge in [0.1, 0.15) is 6.04 Å². The van der Waals surface area contributed by atoms with Gasteiger partial charge in [-0.2, -0.15) is 0 Å². The van der Waals surface area contributed by atoms with E-state index in [4.69, 9.17) is 4.74 Å². The van der Waals surface area contributed by atoms with Crippen LogP contribution in [0.4, 0.5) is 0 Å². The number of hydrogen-bond donors (Lipinski definition) is 2. The number of nitrogens with one attached hydrogen (secondary N) is 2. The van der Waals surface area contributed by atoms with Crippen molar-refractivity contribution in [2.45, 2.75) is 63.8 Å². The minimum atomic E-state index is -0.376. The van der Waals surface area contributed by atoms with Crippen LogP contribution in [0.2, 0.25) is 0 Å². The number of amides is 2. The van der Waals surface area contributed by atoms with Crippen LogP contribution in [-0.2, 0) is 20.9 Å². The second-order valence-electron chi connectivity index (χ2n) is 8.88. The number of carbonyl (C=O) groups is 2. The molecule has 3 fully saturated rings. The zero-order valence-corrected chi connectivity index (χ0v) is 16.9. The average molecular weight is 389 g/mol. The summed E-state index contributed by atoms with van der Waals surface area (Å²) in [5.74, 6) is 0.0891. The molecule has 2 N–H and O–H groups in total. The van der Waals surface area contributed by atoms with Gasteiger partial charge >= 0.3 is 0 Å². The predicted octanol–water partition coefficient (Wildman–Crippen LogP) is 1.51. The van der Waals surface area contributed by atoms with Crippen LogP contribution in [-0.4, -0.2) is 70.5 Å². The second kappa shape index (κ2) is 7.87. The first kappa shape index (κ1) is 19.5. The van der Waals surface area contributed by atoms with Crippen molar-refractivity contribution < 1.29 is 14.3 Å². The standard InChI is InChI=1S/C21H32N4O3/c1-15(2)19-20(27)23-8-9-25(19)18(26)10-17-13-24(12-16-4-7-22-11-16)21(14-28-17)5-3-6-21/h4,7,11,15,17,19,22H,3,5-6,8-10,12-14H2,1-2H3,(H,23,27). The van der Waals surface area contributed by atoms with Crippen LogP contribution < -0.4 is 5.32 Å². The van der Waals surface area contributed by atoms with Gasteiger partial charge in [0.05, 0.1) is 19.1 Å². The molecular weight excluding hydrogens is 356 g/mol. The van der Waals surface area contributed by atoms with Crippen molar-refractivity contribution in [3.63, 3.8) is 0 Å². The van der Waals surface area contributed by atoms with E-state index >= 15 is 0 Å². The Balaban J connectivity index is 1.41. The molecule has 2 unspecified atom stereocenters. The predicted molar refractivity (Wildman–Crippen MR) is 105 cm³/mol. The van der Waals surface area contributed by atoms with Crippen LogP contribution in [0.5, 0.6) is 0 Å². The second-order valence-corrected chi connectivity index (χ2v) is 8.88. The minimum absolute atomic E-state index is 0.0321. The number of piperazine rings is 1. The first-order valence-corrected chi connectivity index (χ1v) is 10.5. The van der Waals surface area contributed by atoms with E-state index in [1.165, 1.54) is 24.8 Å².